The average Bonchev–Trinajstić information content (AvgIpc) is 3.11. The van der Waals surface area contributed by atoms with Gasteiger partial charge in [-0.1, -0.05) is 13.0 Å². The molecule has 7 heteroatoms. The molecule has 1 aliphatic rings. The number of amides is 1. The number of benzene rings is 1. The zero-order valence-corrected chi connectivity index (χ0v) is 12.9. The number of hydrogen-bond donors (Lipinski definition) is 2. The molecule has 0 aromatic heterocycles. The molecule has 2 atom stereocenters. The topological polar surface area (TPSA) is 98.5 Å². The Labute approximate surface area is 124 Å². The van der Waals surface area contributed by atoms with E-state index in [1.165, 1.54) is 13.2 Å². The Morgan fingerprint density at radius 3 is 2.67 bits per heavy atom. The molecule has 2 rings (SSSR count). The van der Waals surface area contributed by atoms with Crippen LogP contribution in [0.25, 0.3) is 0 Å². The Balaban J connectivity index is 2.18. The van der Waals surface area contributed by atoms with E-state index in [-0.39, 0.29) is 23.0 Å². The third-order valence-electron chi connectivity index (χ3n) is 3.74. The summed E-state index contributed by atoms with van der Waals surface area (Å²) in [5, 5.41) is 8.01. The summed E-state index contributed by atoms with van der Waals surface area (Å²) >= 11 is 0. The van der Waals surface area contributed by atoms with E-state index in [2.05, 4.69) is 12.2 Å². The lowest BCUT2D eigenvalue weighted by Gasteiger charge is -2.10. The van der Waals surface area contributed by atoms with Gasteiger partial charge >= 0.3 is 0 Å². The van der Waals surface area contributed by atoms with Crippen molar-refractivity contribution in [2.24, 2.45) is 17.0 Å². The first-order valence-electron chi connectivity index (χ1n) is 6.75. The fraction of sp³-hybridized carbons (Fsp3) is 0.500. The predicted octanol–water partition coefficient (Wildman–Crippen LogP) is 0.866. The van der Waals surface area contributed by atoms with Crippen LogP contribution in [-0.4, -0.2) is 28.0 Å². The van der Waals surface area contributed by atoms with Crippen molar-refractivity contribution in [2.75, 3.05) is 13.7 Å². The number of nitrogens with one attached hydrogen (secondary N) is 1. The zero-order chi connectivity index (χ0) is 15.6. The van der Waals surface area contributed by atoms with Crippen molar-refractivity contribution in [1.82, 2.24) is 5.32 Å². The second-order valence-electron chi connectivity index (χ2n) is 5.48. The van der Waals surface area contributed by atoms with Crippen LogP contribution in [0.5, 0.6) is 0 Å². The molecule has 0 saturated heterocycles. The second kappa shape index (κ2) is 6.13. The number of methoxy groups -OCH3 is 1. The number of nitrogens with two attached hydrogens (primary N) is 1. The van der Waals surface area contributed by atoms with E-state index >= 15 is 0 Å². The standard InChI is InChI=1S/C14H20N2O4S/c1-9-5-12(9)7-16-14(17)10-3-4-11(8-20-2)13(6-10)21(15,18)19/h3-4,6,9,12H,5,7-8H2,1-2H3,(H,16,17)(H2,15,18,19). The smallest absolute Gasteiger partial charge is 0.251 e. The molecule has 116 valence electrons. The van der Waals surface area contributed by atoms with E-state index in [4.69, 9.17) is 9.88 Å². The highest BCUT2D eigenvalue weighted by atomic mass is 32.2. The van der Waals surface area contributed by atoms with Gasteiger partial charge in [-0.15, -0.1) is 0 Å². The van der Waals surface area contributed by atoms with Gasteiger partial charge in [-0.25, -0.2) is 13.6 Å². The molecular weight excluding hydrogens is 292 g/mol. The molecule has 1 aromatic carbocycles. The highest BCUT2D eigenvalue weighted by Gasteiger charge is 2.32. The molecule has 1 aliphatic carbocycles. The highest BCUT2D eigenvalue weighted by Crippen LogP contribution is 2.36. The van der Waals surface area contributed by atoms with Crippen LogP contribution in [0.4, 0.5) is 0 Å². The Bertz CT molecular complexity index is 642. The van der Waals surface area contributed by atoms with Crippen LogP contribution in [0.15, 0.2) is 23.1 Å². The van der Waals surface area contributed by atoms with Crippen LogP contribution in [0, 0.1) is 11.8 Å². The molecule has 1 aromatic rings. The van der Waals surface area contributed by atoms with E-state index in [0.29, 0.717) is 23.9 Å². The fourth-order valence-electron chi connectivity index (χ4n) is 2.24. The summed E-state index contributed by atoms with van der Waals surface area (Å²) in [5.74, 6) is 0.886. The number of rotatable bonds is 6. The zero-order valence-electron chi connectivity index (χ0n) is 12.1. The number of carbonyl (C=O) groups is 1. The van der Waals surface area contributed by atoms with Crippen LogP contribution >= 0.6 is 0 Å². The molecule has 0 aliphatic heterocycles. The predicted molar refractivity (Wildman–Crippen MR) is 78.1 cm³/mol. The molecule has 0 heterocycles. The van der Waals surface area contributed by atoms with Gasteiger partial charge in [0.2, 0.25) is 10.0 Å². The van der Waals surface area contributed by atoms with Crippen molar-refractivity contribution in [1.29, 1.82) is 0 Å². The molecule has 1 saturated carbocycles. The third kappa shape index (κ3) is 4.03. The van der Waals surface area contributed by atoms with E-state index in [1.54, 1.807) is 12.1 Å². The number of sulfonamides is 1. The van der Waals surface area contributed by atoms with Crippen molar-refractivity contribution in [2.45, 2.75) is 24.8 Å². The average molecular weight is 312 g/mol. The van der Waals surface area contributed by atoms with Crippen molar-refractivity contribution < 1.29 is 17.9 Å². The van der Waals surface area contributed by atoms with Gasteiger partial charge < -0.3 is 10.1 Å². The maximum Gasteiger partial charge on any atom is 0.251 e. The van der Waals surface area contributed by atoms with Crippen molar-refractivity contribution >= 4 is 15.9 Å². The van der Waals surface area contributed by atoms with Gasteiger partial charge in [0.25, 0.3) is 5.91 Å². The summed E-state index contributed by atoms with van der Waals surface area (Å²) in [6.07, 6.45) is 1.12. The maximum absolute atomic E-state index is 12.1. The van der Waals surface area contributed by atoms with E-state index in [0.717, 1.165) is 6.42 Å². The van der Waals surface area contributed by atoms with Gasteiger partial charge in [0.1, 0.15) is 0 Å². The van der Waals surface area contributed by atoms with Crippen molar-refractivity contribution in [3.05, 3.63) is 29.3 Å². The first-order chi connectivity index (χ1) is 9.82. The largest absolute Gasteiger partial charge is 0.380 e. The van der Waals surface area contributed by atoms with E-state index in [9.17, 15) is 13.2 Å². The number of ether oxygens (including phenoxy) is 1. The molecule has 1 fully saturated rings. The molecule has 2 unspecified atom stereocenters. The lowest BCUT2D eigenvalue weighted by molar-refractivity contribution is 0.0951. The van der Waals surface area contributed by atoms with E-state index < -0.39 is 10.0 Å². The van der Waals surface area contributed by atoms with Gasteiger partial charge in [-0.3, -0.25) is 4.79 Å². The summed E-state index contributed by atoms with van der Waals surface area (Å²) in [6, 6.07) is 4.43. The van der Waals surface area contributed by atoms with E-state index in [1.807, 2.05) is 0 Å². The van der Waals surface area contributed by atoms with Crippen molar-refractivity contribution in [3.8, 4) is 0 Å². The summed E-state index contributed by atoms with van der Waals surface area (Å²) in [5.41, 5.74) is 0.722. The lowest BCUT2D eigenvalue weighted by Crippen LogP contribution is -2.26. The minimum Gasteiger partial charge on any atom is -0.380 e. The second-order valence-corrected chi connectivity index (χ2v) is 7.01. The molecule has 6 nitrogen and oxygen atoms in total. The summed E-state index contributed by atoms with van der Waals surface area (Å²) in [4.78, 5) is 12.0. The van der Waals surface area contributed by atoms with Gasteiger partial charge in [0.15, 0.2) is 0 Å². The van der Waals surface area contributed by atoms with Crippen LogP contribution in [0.2, 0.25) is 0 Å². The normalized spacial score (nSPS) is 21.1. The summed E-state index contributed by atoms with van der Waals surface area (Å²) in [6.45, 7) is 2.87. The van der Waals surface area contributed by atoms with Crippen LogP contribution in [0.3, 0.4) is 0 Å². The number of hydrogen-bond acceptors (Lipinski definition) is 4. The maximum atomic E-state index is 12.1. The monoisotopic (exact) mass is 312 g/mol. The minimum absolute atomic E-state index is 0.0724. The summed E-state index contributed by atoms with van der Waals surface area (Å²) in [7, 11) is -2.44. The molecule has 1 amide bonds. The lowest BCUT2D eigenvalue weighted by atomic mass is 10.1. The van der Waals surface area contributed by atoms with Crippen LogP contribution < -0.4 is 10.5 Å². The molecule has 0 radical (unpaired) electrons. The first kappa shape index (κ1) is 15.9. The minimum atomic E-state index is -3.90. The molecule has 21 heavy (non-hydrogen) atoms. The number of primary sulfonamides is 1. The summed E-state index contributed by atoms with van der Waals surface area (Å²) < 4.78 is 28.2. The molecule has 3 N–H and O–H groups in total. The fourth-order valence-corrected chi connectivity index (χ4v) is 3.03. The number of carbonyl (C=O) groups excluding carboxylic acids is 1. The molecular formula is C14H20N2O4S. The van der Waals surface area contributed by atoms with Gasteiger partial charge in [0, 0.05) is 19.2 Å². The molecule has 0 bridgehead atoms. The SMILES string of the molecule is COCc1ccc(C(=O)NCC2CC2C)cc1S(N)(=O)=O. The third-order valence-corrected chi connectivity index (χ3v) is 4.73. The Kier molecular flexibility index (Phi) is 4.65. The van der Waals surface area contributed by atoms with Crippen molar-refractivity contribution in [3.63, 3.8) is 0 Å². The van der Waals surface area contributed by atoms with Crippen LogP contribution in [-0.2, 0) is 21.4 Å². The van der Waals surface area contributed by atoms with Gasteiger partial charge in [-0.2, -0.15) is 0 Å². The van der Waals surface area contributed by atoms with Crippen LogP contribution in [0.1, 0.15) is 29.3 Å². The highest BCUT2D eigenvalue weighted by molar-refractivity contribution is 7.89. The van der Waals surface area contributed by atoms with Gasteiger partial charge in [0.05, 0.1) is 11.5 Å². The molecule has 0 spiro atoms. The quantitative estimate of drug-likeness (QED) is 0.814. The van der Waals surface area contributed by atoms with Gasteiger partial charge in [-0.05, 0) is 36.0 Å². The Hall–Kier alpha value is -1.44. The Morgan fingerprint density at radius 2 is 2.14 bits per heavy atom. The Morgan fingerprint density at radius 1 is 1.48 bits per heavy atom. The first-order valence-corrected chi connectivity index (χ1v) is 8.30.